The van der Waals surface area contributed by atoms with Gasteiger partial charge in [0.15, 0.2) is 0 Å². The fourth-order valence-electron chi connectivity index (χ4n) is 1.76. The van der Waals surface area contributed by atoms with E-state index in [4.69, 9.17) is 5.11 Å². The molecule has 0 atom stereocenters. The molecular formula is C15H22N2O2. The van der Waals surface area contributed by atoms with Crippen molar-refractivity contribution < 1.29 is 9.90 Å². The smallest absolute Gasteiger partial charge is 0.328 e. The number of benzene rings is 1. The van der Waals surface area contributed by atoms with Crippen LogP contribution in [0.25, 0.3) is 6.08 Å². The molecule has 19 heavy (non-hydrogen) atoms. The van der Waals surface area contributed by atoms with Gasteiger partial charge in [-0.25, -0.2) is 4.79 Å². The van der Waals surface area contributed by atoms with E-state index in [1.807, 2.05) is 24.3 Å². The van der Waals surface area contributed by atoms with Gasteiger partial charge in [0.05, 0.1) is 0 Å². The summed E-state index contributed by atoms with van der Waals surface area (Å²) >= 11 is 0. The third kappa shape index (κ3) is 6.06. The molecule has 1 rings (SSSR count). The number of carboxylic acid groups (broad SMARTS) is 1. The van der Waals surface area contributed by atoms with E-state index < -0.39 is 5.97 Å². The van der Waals surface area contributed by atoms with Crippen LogP contribution >= 0.6 is 0 Å². The Bertz CT molecular complexity index is 424. The molecular weight excluding hydrogens is 240 g/mol. The molecule has 0 fully saturated rings. The molecule has 0 aliphatic carbocycles. The van der Waals surface area contributed by atoms with E-state index in [0.717, 1.165) is 36.8 Å². The molecule has 0 bridgehead atoms. The van der Waals surface area contributed by atoms with Crippen molar-refractivity contribution in [2.24, 2.45) is 0 Å². The van der Waals surface area contributed by atoms with Crippen LogP contribution in [0.3, 0.4) is 0 Å². The Hall–Kier alpha value is -1.81. The molecule has 1 N–H and O–H groups in total. The summed E-state index contributed by atoms with van der Waals surface area (Å²) in [5.41, 5.74) is 2.04. The van der Waals surface area contributed by atoms with Crippen LogP contribution in [-0.2, 0) is 4.79 Å². The van der Waals surface area contributed by atoms with Crippen LogP contribution in [0.1, 0.15) is 12.0 Å². The number of aliphatic carboxylic acids is 1. The summed E-state index contributed by atoms with van der Waals surface area (Å²) in [5, 5.41) is 8.56. The Labute approximate surface area is 115 Å². The quantitative estimate of drug-likeness (QED) is 0.765. The van der Waals surface area contributed by atoms with Gasteiger partial charge in [-0.3, -0.25) is 0 Å². The fraction of sp³-hybridized carbons (Fsp3) is 0.400. The lowest BCUT2D eigenvalue weighted by Crippen LogP contribution is -2.23. The highest BCUT2D eigenvalue weighted by molar-refractivity contribution is 5.85. The zero-order valence-electron chi connectivity index (χ0n) is 11.8. The number of rotatable bonds is 7. The van der Waals surface area contributed by atoms with Crippen LogP contribution in [0.4, 0.5) is 5.69 Å². The lowest BCUT2D eigenvalue weighted by molar-refractivity contribution is -0.131. The van der Waals surface area contributed by atoms with Crippen molar-refractivity contribution in [1.82, 2.24) is 4.90 Å². The second kappa shape index (κ2) is 7.59. The first-order valence-electron chi connectivity index (χ1n) is 6.36. The SMILES string of the molecule is CN(C)CCCN(C)c1ccc(C=CC(=O)O)cc1. The highest BCUT2D eigenvalue weighted by atomic mass is 16.4. The number of hydrogen-bond donors (Lipinski definition) is 1. The molecule has 0 saturated carbocycles. The summed E-state index contributed by atoms with van der Waals surface area (Å²) in [7, 11) is 6.21. The Balaban J connectivity index is 2.53. The number of hydrogen-bond acceptors (Lipinski definition) is 3. The minimum atomic E-state index is -0.926. The molecule has 4 heteroatoms. The highest BCUT2D eigenvalue weighted by Gasteiger charge is 2.00. The van der Waals surface area contributed by atoms with Crippen molar-refractivity contribution in [1.29, 1.82) is 0 Å². The van der Waals surface area contributed by atoms with E-state index in [-0.39, 0.29) is 0 Å². The monoisotopic (exact) mass is 262 g/mol. The van der Waals surface area contributed by atoms with Crippen LogP contribution in [0.15, 0.2) is 30.3 Å². The van der Waals surface area contributed by atoms with E-state index in [1.54, 1.807) is 6.08 Å². The van der Waals surface area contributed by atoms with Gasteiger partial charge in [0.25, 0.3) is 0 Å². The van der Waals surface area contributed by atoms with Crippen molar-refractivity contribution in [3.05, 3.63) is 35.9 Å². The van der Waals surface area contributed by atoms with Crippen LogP contribution in [0.2, 0.25) is 0 Å². The third-order valence-corrected chi connectivity index (χ3v) is 2.85. The van der Waals surface area contributed by atoms with Gasteiger partial charge in [-0.05, 0) is 50.8 Å². The lowest BCUT2D eigenvalue weighted by Gasteiger charge is -2.20. The number of nitrogens with zero attached hydrogens (tertiary/aromatic N) is 2. The number of carboxylic acids is 1. The molecule has 1 aromatic rings. The molecule has 104 valence electrons. The van der Waals surface area contributed by atoms with Gasteiger partial charge in [-0.15, -0.1) is 0 Å². The van der Waals surface area contributed by atoms with Crippen molar-refractivity contribution in [3.63, 3.8) is 0 Å². The lowest BCUT2D eigenvalue weighted by atomic mass is 10.2. The third-order valence-electron chi connectivity index (χ3n) is 2.85. The first-order chi connectivity index (χ1) is 8.99. The Morgan fingerprint density at radius 2 is 1.79 bits per heavy atom. The Morgan fingerprint density at radius 1 is 1.16 bits per heavy atom. The molecule has 0 aromatic heterocycles. The van der Waals surface area contributed by atoms with Gasteiger partial charge >= 0.3 is 5.97 Å². The van der Waals surface area contributed by atoms with Crippen LogP contribution in [0.5, 0.6) is 0 Å². The summed E-state index contributed by atoms with van der Waals surface area (Å²) in [6, 6.07) is 7.88. The zero-order chi connectivity index (χ0) is 14.3. The molecule has 1 aromatic carbocycles. The van der Waals surface area contributed by atoms with Gasteiger partial charge in [0.1, 0.15) is 0 Å². The van der Waals surface area contributed by atoms with Gasteiger partial charge in [0.2, 0.25) is 0 Å². The summed E-state index contributed by atoms with van der Waals surface area (Å²) in [4.78, 5) is 14.8. The fourth-order valence-corrected chi connectivity index (χ4v) is 1.76. The molecule has 4 nitrogen and oxygen atoms in total. The molecule has 0 spiro atoms. The molecule has 0 aliphatic rings. The molecule has 0 saturated heterocycles. The highest BCUT2D eigenvalue weighted by Crippen LogP contribution is 2.14. The summed E-state index contributed by atoms with van der Waals surface area (Å²) in [6.45, 7) is 2.08. The molecule has 0 amide bonds. The average molecular weight is 262 g/mol. The number of anilines is 1. The molecule has 0 heterocycles. The van der Waals surface area contributed by atoms with Crippen LogP contribution in [0, 0.1) is 0 Å². The van der Waals surface area contributed by atoms with Crippen molar-refractivity contribution >= 4 is 17.7 Å². The van der Waals surface area contributed by atoms with E-state index in [9.17, 15) is 4.79 Å². The van der Waals surface area contributed by atoms with E-state index >= 15 is 0 Å². The van der Waals surface area contributed by atoms with Crippen molar-refractivity contribution in [3.8, 4) is 0 Å². The van der Waals surface area contributed by atoms with Crippen LogP contribution in [-0.4, -0.2) is 50.2 Å². The molecule has 0 aliphatic heterocycles. The standard InChI is InChI=1S/C15H22N2O2/c1-16(2)11-4-12-17(3)14-8-5-13(6-9-14)7-10-15(18)19/h5-10H,4,11-12H2,1-3H3,(H,18,19). The largest absolute Gasteiger partial charge is 0.478 e. The van der Waals surface area contributed by atoms with E-state index in [1.165, 1.54) is 0 Å². The maximum atomic E-state index is 10.4. The average Bonchev–Trinajstić information content (AvgIpc) is 2.36. The predicted molar refractivity (Wildman–Crippen MR) is 79.6 cm³/mol. The first-order valence-corrected chi connectivity index (χ1v) is 6.36. The predicted octanol–water partition coefficient (Wildman–Crippen LogP) is 2.17. The normalized spacial score (nSPS) is 11.2. The summed E-state index contributed by atoms with van der Waals surface area (Å²) < 4.78 is 0. The second-order valence-corrected chi connectivity index (χ2v) is 4.84. The topological polar surface area (TPSA) is 43.8 Å². The summed E-state index contributed by atoms with van der Waals surface area (Å²) in [5.74, 6) is -0.926. The van der Waals surface area contributed by atoms with Crippen molar-refractivity contribution in [2.75, 3.05) is 39.1 Å². The van der Waals surface area contributed by atoms with Crippen LogP contribution < -0.4 is 4.90 Å². The summed E-state index contributed by atoms with van der Waals surface area (Å²) in [6.07, 6.45) is 3.86. The van der Waals surface area contributed by atoms with Gasteiger partial charge < -0.3 is 14.9 Å². The Morgan fingerprint density at radius 3 is 2.32 bits per heavy atom. The first kappa shape index (κ1) is 15.2. The van der Waals surface area contributed by atoms with E-state index in [0.29, 0.717) is 0 Å². The maximum Gasteiger partial charge on any atom is 0.328 e. The zero-order valence-corrected chi connectivity index (χ0v) is 11.8. The van der Waals surface area contributed by atoms with Crippen molar-refractivity contribution in [2.45, 2.75) is 6.42 Å². The van der Waals surface area contributed by atoms with Gasteiger partial charge in [0, 0.05) is 25.4 Å². The second-order valence-electron chi connectivity index (χ2n) is 4.84. The Kier molecular flexibility index (Phi) is 6.09. The number of carbonyl (C=O) groups is 1. The minimum Gasteiger partial charge on any atom is -0.478 e. The van der Waals surface area contributed by atoms with Gasteiger partial charge in [-0.2, -0.15) is 0 Å². The molecule has 0 unspecified atom stereocenters. The molecule has 0 radical (unpaired) electrons. The van der Waals surface area contributed by atoms with E-state index in [2.05, 4.69) is 30.9 Å². The minimum absolute atomic E-state index is 0.896. The van der Waals surface area contributed by atoms with Gasteiger partial charge in [-0.1, -0.05) is 12.1 Å². The maximum absolute atomic E-state index is 10.4.